The summed E-state index contributed by atoms with van der Waals surface area (Å²) < 4.78 is 0.836. The van der Waals surface area contributed by atoms with Crippen molar-refractivity contribution in [2.24, 2.45) is 0 Å². The summed E-state index contributed by atoms with van der Waals surface area (Å²) >= 11 is 15.3. The molecule has 0 fully saturated rings. The van der Waals surface area contributed by atoms with E-state index in [9.17, 15) is 0 Å². The van der Waals surface area contributed by atoms with Gasteiger partial charge in [0, 0.05) is 27.4 Å². The lowest BCUT2D eigenvalue weighted by molar-refractivity contribution is 1.16. The highest BCUT2D eigenvalue weighted by molar-refractivity contribution is 9.10. The third-order valence-electron chi connectivity index (χ3n) is 2.96. The molecule has 2 nitrogen and oxygen atoms in total. The maximum Gasteiger partial charge on any atom is 0.159 e. The number of rotatable bonds is 2. The van der Waals surface area contributed by atoms with Crippen molar-refractivity contribution in [3.8, 4) is 22.6 Å². The summed E-state index contributed by atoms with van der Waals surface area (Å²) in [5.41, 5.74) is 2.72. The zero-order valence-electron chi connectivity index (χ0n) is 10.7. The Kier molecular flexibility index (Phi) is 4.24. The summed E-state index contributed by atoms with van der Waals surface area (Å²) in [5, 5.41) is 1.38. The van der Waals surface area contributed by atoms with Crippen LogP contribution in [-0.2, 0) is 0 Å². The standard InChI is InChI=1S/C16H9BrCl2N2/c17-14-9-20-16(11-3-7-13(19)8-4-11)21-15(14)10-1-5-12(18)6-2-10/h1-9H. The molecule has 0 amide bonds. The number of halogens is 3. The van der Waals surface area contributed by atoms with Crippen LogP contribution in [-0.4, -0.2) is 9.97 Å². The first-order chi connectivity index (χ1) is 10.1. The van der Waals surface area contributed by atoms with Crippen molar-refractivity contribution in [1.29, 1.82) is 0 Å². The molecule has 0 N–H and O–H groups in total. The first-order valence-electron chi connectivity index (χ1n) is 6.18. The molecule has 5 heteroatoms. The van der Waals surface area contributed by atoms with Crippen LogP contribution in [0.15, 0.2) is 59.2 Å². The van der Waals surface area contributed by atoms with E-state index in [1.807, 2.05) is 48.5 Å². The Balaban J connectivity index is 2.07. The molecular weight excluding hydrogens is 371 g/mol. The fourth-order valence-corrected chi connectivity index (χ4v) is 2.59. The molecule has 1 aromatic heterocycles. The molecule has 3 aromatic rings. The van der Waals surface area contributed by atoms with Gasteiger partial charge in [-0.25, -0.2) is 9.97 Å². The van der Waals surface area contributed by atoms with E-state index in [2.05, 4.69) is 25.9 Å². The molecule has 0 spiro atoms. The van der Waals surface area contributed by atoms with Crippen molar-refractivity contribution >= 4 is 39.1 Å². The average molecular weight is 380 g/mol. The molecule has 0 atom stereocenters. The van der Waals surface area contributed by atoms with Gasteiger partial charge in [0.15, 0.2) is 5.82 Å². The van der Waals surface area contributed by atoms with Crippen LogP contribution < -0.4 is 0 Å². The van der Waals surface area contributed by atoms with Gasteiger partial charge in [-0.2, -0.15) is 0 Å². The van der Waals surface area contributed by atoms with Crippen molar-refractivity contribution in [3.63, 3.8) is 0 Å². The predicted octanol–water partition coefficient (Wildman–Crippen LogP) is 5.88. The third-order valence-corrected chi connectivity index (χ3v) is 4.05. The Labute approximate surface area is 140 Å². The molecule has 0 aliphatic rings. The van der Waals surface area contributed by atoms with Crippen molar-refractivity contribution in [3.05, 3.63) is 69.2 Å². The van der Waals surface area contributed by atoms with Crippen LogP contribution in [0.5, 0.6) is 0 Å². The summed E-state index contributed by atoms with van der Waals surface area (Å²) in [6, 6.07) is 15.0. The van der Waals surface area contributed by atoms with E-state index >= 15 is 0 Å². The molecule has 0 unspecified atom stereocenters. The Bertz CT molecular complexity index is 771. The lowest BCUT2D eigenvalue weighted by Crippen LogP contribution is -1.93. The minimum absolute atomic E-state index is 0.653. The highest BCUT2D eigenvalue weighted by atomic mass is 79.9. The first-order valence-corrected chi connectivity index (χ1v) is 7.73. The minimum Gasteiger partial charge on any atom is -0.235 e. The van der Waals surface area contributed by atoms with E-state index in [0.717, 1.165) is 21.3 Å². The van der Waals surface area contributed by atoms with E-state index in [0.29, 0.717) is 15.9 Å². The summed E-state index contributed by atoms with van der Waals surface area (Å²) in [6.45, 7) is 0. The lowest BCUT2D eigenvalue weighted by Gasteiger charge is -2.07. The molecule has 104 valence electrons. The van der Waals surface area contributed by atoms with E-state index in [-0.39, 0.29) is 0 Å². The van der Waals surface area contributed by atoms with Gasteiger partial charge in [-0.05, 0) is 52.3 Å². The molecular formula is C16H9BrCl2N2. The van der Waals surface area contributed by atoms with Gasteiger partial charge in [-0.1, -0.05) is 35.3 Å². The van der Waals surface area contributed by atoms with E-state index < -0.39 is 0 Å². The highest BCUT2D eigenvalue weighted by Gasteiger charge is 2.09. The normalized spacial score (nSPS) is 10.6. The molecule has 0 bridgehead atoms. The summed E-state index contributed by atoms with van der Waals surface area (Å²) in [6.07, 6.45) is 1.75. The van der Waals surface area contributed by atoms with Crippen molar-refractivity contribution in [2.45, 2.75) is 0 Å². The maximum absolute atomic E-state index is 5.92. The van der Waals surface area contributed by atoms with Gasteiger partial charge < -0.3 is 0 Å². The van der Waals surface area contributed by atoms with Gasteiger partial charge in [-0.3, -0.25) is 0 Å². The third kappa shape index (κ3) is 3.26. The van der Waals surface area contributed by atoms with Gasteiger partial charge >= 0.3 is 0 Å². The summed E-state index contributed by atoms with van der Waals surface area (Å²) in [7, 11) is 0. The lowest BCUT2D eigenvalue weighted by atomic mass is 10.1. The first kappa shape index (κ1) is 14.5. The summed E-state index contributed by atoms with van der Waals surface area (Å²) in [4.78, 5) is 8.98. The number of hydrogen-bond acceptors (Lipinski definition) is 2. The van der Waals surface area contributed by atoms with Crippen LogP contribution >= 0.6 is 39.1 Å². The maximum atomic E-state index is 5.92. The predicted molar refractivity (Wildman–Crippen MR) is 90.6 cm³/mol. The quantitative estimate of drug-likeness (QED) is 0.555. The fraction of sp³-hybridized carbons (Fsp3) is 0. The van der Waals surface area contributed by atoms with Gasteiger partial charge in [-0.15, -0.1) is 0 Å². The molecule has 3 rings (SSSR count). The zero-order chi connectivity index (χ0) is 14.8. The van der Waals surface area contributed by atoms with Crippen LogP contribution in [0.1, 0.15) is 0 Å². The van der Waals surface area contributed by atoms with Crippen LogP contribution in [0.4, 0.5) is 0 Å². The Morgan fingerprint density at radius 1 is 0.762 bits per heavy atom. The van der Waals surface area contributed by atoms with E-state index in [4.69, 9.17) is 23.2 Å². The van der Waals surface area contributed by atoms with Crippen molar-refractivity contribution < 1.29 is 0 Å². The molecule has 0 saturated carbocycles. The Morgan fingerprint density at radius 2 is 1.29 bits per heavy atom. The largest absolute Gasteiger partial charge is 0.235 e. The number of aromatic nitrogens is 2. The van der Waals surface area contributed by atoms with Crippen LogP contribution in [0.25, 0.3) is 22.6 Å². The second-order valence-corrected chi connectivity index (χ2v) is 6.13. The van der Waals surface area contributed by atoms with Crippen LogP contribution in [0.3, 0.4) is 0 Å². The Hall–Kier alpha value is -1.42. The molecule has 0 aliphatic carbocycles. The second-order valence-electron chi connectivity index (χ2n) is 4.40. The van der Waals surface area contributed by atoms with Gasteiger partial charge in [0.05, 0.1) is 10.2 Å². The molecule has 0 aliphatic heterocycles. The average Bonchev–Trinajstić information content (AvgIpc) is 2.50. The topological polar surface area (TPSA) is 25.8 Å². The van der Waals surface area contributed by atoms with E-state index in [1.54, 1.807) is 6.20 Å². The fourth-order valence-electron chi connectivity index (χ4n) is 1.92. The molecule has 21 heavy (non-hydrogen) atoms. The van der Waals surface area contributed by atoms with Gasteiger partial charge in [0.25, 0.3) is 0 Å². The minimum atomic E-state index is 0.653. The van der Waals surface area contributed by atoms with E-state index in [1.165, 1.54) is 0 Å². The molecule has 0 radical (unpaired) electrons. The number of benzene rings is 2. The van der Waals surface area contributed by atoms with Crippen LogP contribution in [0, 0.1) is 0 Å². The monoisotopic (exact) mass is 378 g/mol. The van der Waals surface area contributed by atoms with Crippen molar-refractivity contribution in [2.75, 3.05) is 0 Å². The molecule has 0 saturated heterocycles. The van der Waals surface area contributed by atoms with Gasteiger partial charge in [0.2, 0.25) is 0 Å². The Morgan fingerprint density at radius 3 is 1.86 bits per heavy atom. The van der Waals surface area contributed by atoms with Gasteiger partial charge in [0.1, 0.15) is 0 Å². The smallest absolute Gasteiger partial charge is 0.159 e. The SMILES string of the molecule is Clc1ccc(-c2ncc(Br)c(-c3ccc(Cl)cc3)n2)cc1. The number of hydrogen-bond donors (Lipinski definition) is 0. The second kappa shape index (κ2) is 6.14. The number of nitrogens with zero attached hydrogens (tertiary/aromatic N) is 2. The van der Waals surface area contributed by atoms with Crippen molar-refractivity contribution in [1.82, 2.24) is 9.97 Å². The molecule has 2 aromatic carbocycles. The highest BCUT2D eigenvalue weighted by Crippen LogP contribution is 2.29. The zero-order valence-corrected chi connectivity index (χ0v) is 13.8. The molecule has 1 heterocycles. The summed E-state index contributed by atoms with van der Waals surface area (Å²) in [5.74, 6) is 0.653. The van der Waals surface area contributed by atoms with Crippen LogP contribution in [0.2, 0.25) is 10.0 Å².